The third-order valence-corrected chi connectivity index (χ3v) is 2.61. The van der Waals surface area contributed by atoms with Crippen LogP contribution in [0, 0.1) is 0 Å². The number of hydrogen-bond donors (Lipinski definition) is 1. The molecule has 4 heteroatoms. The summed E-state index contributed by atoms with van der Waals surface area (Å²) >= 11 is 0. The van der Waals surface area contributed by atoms with Crippen LogP contribution in [-0.2, 0) is 11.3 Å². The molecule has 0 spiro atoms. The Labute approximate surface area is 103 Å². The maximum absolute atomic E-state index is 5.93. The minimum atomic E-state index is 0.747. The molecule has 0 fully saturated rings. The Bertz CT molecular complexity index is 342. The van der Waals surface area contributed by atoms with Gasteiger partial charge in [0.1, 0.15) is 5.75 Å². The van der Waals surface area contributed by atoms with Gasteiger partial charge >= 0.3 is 0 Å². The van der Waals surface area contributed by atoms with Gasteiger partial charge in [0, 0.05) is 25.4 Å². The van der Waals surface area contributed by atoms with Crippen molar-refractivity contribution >= 4 is 5.69 Å². The highest BCUT2D eigenvalue weighted by Gasteiger charge is 2.05. The van der Waals surface area contributed by atoms with E-state index in [1.54, 1.807) is 7.11 Å². The number of anilines is 1. The number of nitrogens with two attached hydrogens (primary N) is 1. The number of likely N-dealkylation sites (N-methyl/N-ethyl adjacent to an activating group) is 1. The zero-order valence-electron chi connectivity index (χ0n) is 10.9. The van der Waals surface area contributed by atoms with Crippen LogP contribution in [-0.4, -0.2) is 38.8 Å². The summed E-state index contributed by atoms with van der Waals surface area (Å²) in [6, 6.07) is 5.73. The minimum Gasteiger partial charge on any atom is -0.497 e. The van der Waals surface area contributed by atoms with Crippen molar-refractivity contribution in [2.75, 3.05) is 39.6 Å². The Hall–Kier alpha value is -1.26. The van der Waals surface area contributed by atoms with E-state index in [1.807, 2.05) is 25.1 Å². The van der Waals surface area contributed by atoms with E-state index in [-0.39, 0.29) is 0 Å². The first-order chi connectivity index (χ1) is 8.17. The lowest BCUT2D eigenvalue weighted by Crippen LogP contribution is -2.23. The third kappa shape index (κ3) is 4.63. The van der Waals surface area contributed by atoms with Crippen LogP contribution in [0.1, 0.15) is 12.5 Å². The molecule has 0 radical (unpaired) electrons. The molecule has 2 N–H and O–H groups in total. The van der Waals surface area contributed by atoms with Gasteiger partial charge in [-0.25, -0.2) is 0 Å². The summed E-state index contributed by atoms with van der Waals surface area (Å²) < 4.78 is 10.5. The van der Waals surface area contributed by atoms with Gasteiger partial charge in [-0.2, -0.15) is 0 Å². The van der Waals surface area contributed by atoms with E-state index in [2.05, 4.69) is 11.9 Å². The lowest BCUT2D eigenvalue weighted by atomic mass is 10.1. The zero-order chi connectivity index (χ0) is 12.7. The molecule has 0 saturated carbocycles. The van der Waals surface area contributed by atoms with Crippen molar-refractivity contribution in [2.45, 2.75) is 13.5 Å². The van der Waals surface area contributed by atoms with Crippen LogP contribution < -0.4 is 10.5 Å². The van der Waals surface area contributed by atoms with Gasteiger partial charge < -0.3 is 15.2 Å². The van der Waals surface area contributed by atoms with Crippen molar-refractivity contribution in [3.8, 4) is 5.75 Å². The number of rotatable bonds is 7. The summed E-state index contributed by atoms with van der Waals surface area (Å²) in [5.41, 5.74) is 7.82. The van der Waals surface area contributed by atoms with Crippen molar-refractivity contribution in [2.24, 2.45) is 0 Å². The lowest BCUT2D eigenvalue weighted by Gasteiger charge is -2.18. The first-order valence-electron chi connectivity index (χ1n) is 5.86. The van der Waals surface area contributed by atoms with E-state index in [4.69, 9.17) is 15.2 Å². The highest BCUT2D eigenvalue weighted by atomic mass is 16.5. The Morgan fingerprint density at radius 2 is 2.12 bits per heavy atom. The number of nitrogens with zero attached hydrogens (tertiary/aromatic N) is 1. The van der Waals surface area contributed by atoms with Crippen LogP contribution in [0.4, 0.5) is 5.69 Å². The van der Waals surface area contributed by atoms with Crippen LogP contribution >= 0.6 is 0 Å². The van der Waals surface area contributed by atoms with Gasteiger partial charge in [-0.05, 0) is 37.7 Å². The Morgan fingerprint density at radius 1 is 1.35 bits per heavy atom. The second-order valence-electron chi connectivity index (χ2n) is 4.00. The highest BCUT2D eigenvalue weighted by Crippen LogP contribution is 2.20. The van der Waals surface area contributed by atoms with E-state index in [0.717, 1.165) is 43.3 Å². The smallest absolute Gasteiger partial charge is 0.119 e. The standard InChI is InChI=1S/C13H22N2O2/c1-4-17-8-7-15(2)10-11-9-12(16-3)5-6-13(11)14/h5-6,9H,4,7-8,10,14H2,1-3H3. The summed E-state index contributed by atoms with van der Waals surface area (Å²) in [5.74, 6) is 0.840. The van der Waals surface area contributed by atoms with Gasteiger partial charge in [0.15, 0.2) is 0 Å². The number of hydrogen-bond acceptors (Lipinski definition) is 4. The van der Waals surface area contributed by atoms with Crippen LogP contribution in [0.2, 0.25) is 0 Å². The first-order valence-corrected chi connectivity index (χ1v) is 5.86. The van der Waals surface area contributed by atoms with Crippen molar-refractivity contribution in [3.63, 3.8) is 0 Å². The maximum Gasteiger partial charge on any atom is 0.119 e. The molecule has 1 rings (SSSR count). The molecule has 0 saturated heterocycles. The Kier molecular flexibility index (Phi) is 5.80. The Balaban J connectivity index is 2.54. The molecule has 96 valence electrons. The molecule has 0 aromatic heterocycles. The van der Waals surface area contributed by atoms with E-state index in [0.29, 0.717) is 0 Å². The summed E-state index contributed by atoms with van der Waals surface area (Å²) in [7, 11) is 3.71. The second-order valence-corrected chi connectivity index (χ2v) is 4.00. The molecule has 0 atom stereocenters. The van der Waals surface area contributed by atoms with Crippen molar-refractivity contribution in [1.82, 2.24) is 4.90 Å². The van der Waals surface area contributed by atoms with Crippen LogP contribution in [0.3, 0.4) is 0 Å². The molecule has 0 bridgehead atoms. The largest absolute Gasteiger partial charge is 0.497 e. The molecule has 0 unspecified atom stereocenters. The molecule has 0 heterocycles. The van der Waals surface area contributed by atoms with Gasteiger partial charge in [-0.1, -0.05) is 0 Å². The quantitative estimate of drug-likeness (QED) is 0.580. The molecule has 17 heavy (non-hydrogen) atoms. The van der Waals surface area contributed by atoms with Crippen molar-refractivity contribution in [3.05, 3.63) is 23.8 Å². The number of methoxy groups -OCH3 is 1. The predicted octanol–water partition coefficient (Wildman–Crippen LogP) is 1.75. The second kappa shape index (κ2) is 7.14. The molecule has 0 aliphatic rings. The average Bonchev–Trinajstić information content (AvgIpc) is 2.32. The molecule has 0 aliphatic heterocycles. The SMILES string of the molecule is CCOCCN(C)Cc1cc(OC)ccc1N. The van der Waals surface area contributed by atoms with Crippen LogP contribution in [0.5, 0.6) is 5.75 Å². The van der Waals surface area contributed by atoms with Crippen LogP contribution in [0.25, 0.3) is 0 Å². The summed E-state index contributed by atoms with van der Waals surface area (Å²) in [6.07, 6.45) is 0. The fraction of sp³-hybridized carbons (Fsp3) is 0.538. The molecule has 0 aliphatic carbocycles. The van der Waals surface area contributed by atoms with Gasteiger partial charge in [0.05, 0.1) is 13.7 Å². The molecule has 1 aromatic carbocycles. The van der Waals surface area contributed by atoms with Gasteiger partial charge in [-0.15, -0.1) is 0 Å². The summed E-state index contributed by atoms with van der Waals surface area (Å²) in [4.78, 5) is 2.18. The third-order valence-electron chi connectivity index (χ3n) is 2.61. The number of nitrogen functional groups attached to an aromatic ring is 1. The van der Waals surface area contributed by atoms with Gasteiger partial charge in [0.25, 0.3) is 0 Å². The van der Waals surface area contributed by atoms with E-state index >= 15 is 0 Å². The number of benzene rings is 1. The summed E-state index contributed by atoms with van der Waals surface area (Å²) in [6.45, 7) is 5.20. The van der Waals surface area contributed by atoms with Gasteiger partial charge in [-0.3, -0.25) is 4.90 Å². The first kappa shape index (κ1) is 13.8. The van der Waals surface area contributed by atoms with Crippen LogP contribution in [0.15, 0.2) is 18.2 Å². The van der Waals surface area contributed by atoms with E-state index < -0.39 is 0 Å². The van der Waals surface area contributed by atoms with Gasteiger partial charge in [0.2, 0.25) is 0 Å². The monoisotopic (exact) mass is 238 g/mol. The van der Waals surface area contributed by atoms with Crippen molar-refractivity contribution in [1.29, 1.82) is 0 Å². The fourth-order valence-corrected chi connectivity index (χ4v) is 1.58. The highest BCUT2D eigenvalue weighted by molar-refractivity contribution is 5.50. The lowest BCUT2D eigenvalue weighted by molar-refractivity contribution is 0.120. The van der Waals surface area contributed by atoms with E-state index in [9.17, 15) is 0 Å². The average molecular weight is 238 g/mol. The summed E-state index contributed by atoms with van der Waals surface area (Å²) in [5, 5.41) is 0. The molecular weight excluding hydrogens is 216 g/mol. The topological polar surface area (TPSA) is 47.7 Å². The zero-order valence-corrected chi connectivity index (χ0v) is 10.9. The Morgan fingerprint density at radius 3 is 2.76 bits per heavy atom. The fourth-order valence-electron chi connectivity index (χ4n) is 1.58. The minimum absolute atomic E-state index is 0.747. The molecular formula is C13H22N2O2. The molecule has 1 aromatic rings. The predicted molar refractivity (Wildman–Crippen MR) is 70.2 cm³/mol. The number of ether oxygens (including phenoxy) is 2. The molecule has 4 nitrogen and oxygen atoms in total. The van der Waals surface area contributed by atoms with E-state index in [1.165, 1.54) is 0 Å². The maximum atomic E-state index is 5.93. The van der Waals surface area contributed by atoms with Crippen molar-refractivity contribution < 1.29 is 9.47 Å². The normalized spacial score (nSPS) is 10.8. The molecule has 0 amide bonds.